The van der Waals surface area contributed by atoms with Gasteiger partial charge in [0.05, 0.1) is 19.3 Å². The van der Waals surface area contributed by atoms with Crippen LogP contribution in [0.5, 0.6) is 17.2 Å². The number of ether oxygens (including phenoxy) is 2. The molecule has 4 rings (SSSR count). The van der Waals surface area contributed by atoms with E-state index in [9.17, 15) is 15.0 Å². The van der Waals surface area contributed by atoms with Crippen LogP contribution in [0, 0.1) is 0 Å². The van der Waals surface area contributed by atoms with E-state index in [2.05, 4.69) is 30.9 Å². The SMILES string of the molecule is CCCCOc1cc(/C=C/C(=O)N2CCN(CC(O)c3ccc(-c4ccccc4)cc3)CC2)cc(OCCCC)c1O. The Kier molecular flexibility index (Phi) is 11.9. The van der Waals surface area contributed by atoms with E-state index in [-0.39, 0.29) is 11.7 Å². The van der Waals surface area contributed by atoms with Gasteiger partial charge in [-0.3, -0.25) is 9.69 Å². The molecule has 1 aliphatic rings. The molecule has 1 atom stereocenters. The first-order valence-corrected chi connectivity index (χ1v) is 15.1. The van der Waals surface area contributed by atoms with Crippen LogP contribution >= 0.6 is 0 Å². The zero-order chi connectivity index (χ0) is 29.7. The summed E-state index contributed by atoms with van der Waals surface area (Å²) in [5.74, 6) is 0.663. The summed E-state index contributed by atoms with van der Waals surface area (Å²) in [5, 5.41) is 21.5. The maximum Gasteiger partial charge on any atom is 0.246 e. The lowest BCUT2D eigenvalue weighted by Crippen LogP contribution is -2.49. The molecule has 1 saturated heterocycles. The average Bonchev–Trinajstić information content (AvgIpc) is 3.02. The highest BCUT2D eigenvalue weighted by Crippen LogP contribution is 2.38. The lowest BCUT2D eigenvalue weighted by Gasteiger charge is -2.35. The highest BCUT2D eigenvalue weighted by Gasteiger charge is 2.22. The number of unbranched alkanes of at least 4 members (excludes halogenated alkanes) is 2. The number of aliphatic hydroxyl groups is 1. The molecule has 1 unspecified atom stereocenters. The van der Waals surface area contributed by atoms with E-state index >= 15 is 0 Å². The van der Waals surface area contributed by atoms with Crippen molar-refractivity contribution in [2.45, 2.75) is 45.6 Å². The van der Waals surface area contributed by atoms with Crippen LogP contribution in [0.1, 0.15) is 56.8 Å². The number of benzene rings is 3. The molecule has 224 valence electrons. The lowest BCUT2D eigenvalue weighted by molar-refractivity contribution is -0.127. The Balaban J connectivity index is 1.30. The van der Waals surface area contributed by atoms with Crippen LogP contribution in [0.4, 0.5) is 0 Å². The summed E-state index contributed by atoms with van der Waals surface area (Å²) in [6.45, 7) is 8.28. The Morgan fingerprint density at radius 1 is 0.857 bits per heavy atom. The number of hydrogen-bond acceptors (Lipinski definition) is 6. The second kappa shape index (κ2) is 16.0. The number of rotatable bonds is 14. The number of hydrogen-bond donors (Lipinski definition) is 2. The smallest absolute Gasteiger partial charge is 0.246 e. The molecule has 1 fully saturated rings. The zero-order valence-electron chi connectivity index (χ0n) is 24.9. The minimum absolute atomic E-state index is 0.00358. The Labute approximate surface area is 250 Å². The number of phenols is 1. The van der Waals surface area contributed by atoms with Gasteiger partial charge in [0.15, 0.2) is 11.5 Å². The number of carbonyl (C=O) groups is 1. The molecule has 0 spiro atoms. The van der Waals surface area contributed by atoms with E-state index in [1.807, 2.05) is 47.4 Å². The molecular formula is C35H44N2O5. The monoisotopic (exact) mass is 572 g/mol. The topological polar surface area (TPSA) is 82.5 Å². The van der Waals surface area contributed by atoms with E-state index in [0.717, 1.165) is 47.9 Å². The molecule has 0 aliphatic carbocycles. The van der Waals surface area contributed by atoms with Crippen molar-refractivity contribution in [2.75, 3.05) is 45.9 Å². The maximum absolute atomic E-state index is 13.0. The summed E-state index contributed by atoms with van der Waals surface area (Å²) < 4.78 is 11.6. The van der Waals surface area contributed by atoms with Crippen LogP contribution in [-0.4, -0.2) is 71.9 Å². The van der Waals surface area contributed by atoms with E-state index in [1.165, 1.54) is 0 Å². The summed E-state index contributed by atoms with van der Waals surface area (Å²) in [7, 11) is 0. The van der Waals surface area contributed by atoms with Crippen molar-refractivity contribution in [3.63, 3.8) is 0 Å². The molecule has 0 saturated carbocycles. The highest BCUT2D eigenvalue weighted by atomic mass is 16.5. The maximum atomic E-state index is 13.0. The third-order valence-corrected chi connectivity index (χ3v) is 7.51. The zero-order valence-corrected chi connectivity index (χ0v) is 24.9. The number of aromatic hydroxyl groups is 1. The predicted molar refractivity (Wildman–Crippen MR) is 168 cm³/mol. The van der Waals surface area contributed by atoms with E-state index in [1.54, 1.807) is 24.3 Å². The molecule has 1 amide bonds. The van der Waals surface area contributed by atoms with Gasteiger partial charge < -0.3 is 24.6 Å². The van der Waals surface area contributed by atoms with Gasteiger partial charge in [-0.15, -0.1) is 0 Å². The lowest BCUT2D eigenvalue weighted by atomic mass is 10.0. The van der Waals surface area contributed by atoms with E-state index in [0.29, 0.717) is 57.4 Å². The first-order valence-electron chi connectivity index (χ1n) is 15.1. The predicted octanol–water partition coefficient (Wildman–Crippen LogP) is 6.31. The number of amides is 1. The van der Waals surface area contributed by atoms with Gasteiger partial charge in [0.2, 0.25) is 11.7 Å². The minimum atomic E-state index is -0.589. The Hall–Kier alpha value is -3.81. The Morgan fingerprint density at radius 2 is 1.43 bits per heavy atom. The van der Waals surface area contributed by atoms with Crippen molar-refractivity contribution in [1.29, 1.82) is 0 Å². The number of β-amino-alcohol motifs (C(OH)–C–C–N with tert-alkyl or cyclic N) is 1. The Bertz CT molecular complexity index is 1250. The van der Waals surface area contributed by atoms with Crippen molar-refractivity contribution in [3.05, 3.63) is 83.9 Å². The van der Waals surface area contributed by atoms with Crippen LogP contribution in [0.15, 0.2) is 72.8 Å². The molecule has 3 aromatic carbocycles. The van der Waals surface area contributed by atoms with E-state index < -0.39 is 6.10 Å². The third-order valence-electron chi connectivity index (χ3n) is 7.51. The largest absolute Gasteiger partial charge is 0.502 e. The number of nitrogens with zero attached hydrogens (tertiary/aromatic N) is 2. The third kappa shape index (κ3) is 8.84. The van der Waals surface area contributed by atoms with Gasteiger partial charge >= 0.3 is 0 Å². The molecule has 42 heavy (non-hydrogen) atoms. The van der Waals surface area contributed by atoms with Gasteiger partial charge in [0.25, 0.3) is 0 Å². The Morgan fingerprint density at radius 3 is 2.00 bits per heavy atom. The molecular weight excluding hydrogens is 528 g/mol. The molecule has 2 N–H and O–H groups in total. The molecule has 1 aliphatic heterocycles. The number of carbonyl (C=O) groups excluding carboxylic acids is 1. The molecule has 0 bridgehead atoms. The van der Waals surface area contributed by atoms with Gasteiger partial charge in [-0.2, -0.15) is 0 Å². The van der Waals surface area contributed by atoms with Crippen LogP contribution in [0.2, 0.25) is 0 Å². The van der Waals surface area contributed by atoms with Gasteiger partial charge in [-0.05, 0) is 53.3 Å². The van der Waals surface area contributed by atoms with E-state index in [4.69, 9.17) is 9.47 Å². The molecule has 1 heterocycles. The second-order valence-electron chi connectivity index (χ2n) is 10.7. The summed E-state index contributed by atoms with van der Waals surface area (Å²) in [6, 6.07) is 21.7. The molecule has 0 aromatic heterocycles. The fourth-order valence-electron chi connectivity index (χ4n) is 4.87. The van der Waals surface area contributed by atoms with Crippen LogP contribution in [-0.2, 0) is 4.79 Å². The molecule has 7 heteroatoms. The summed E-state index contributed by atoms with van der Waals surface area (Å²) in [4.78, 5) is 17.0. The van der Waals surface area contributed by atoms with Crippen molar-refractivity contribution < 1.29 is 24.5 Å². The van der Waals surface area contributed by atoms with Gasteiger partial charge in [0.1, 0.15) is 0 Å². The molecule has 3 aromatic rings. The molecule has 7 nitrogen and oxygen atoms in total. The highest BCUT2D eigenvalue weighted by molar-refractivity contribution is 5.92. The summed E-state index contributed by atoms with van der Waals surface area (Å²) in [5.41, 5.74) is 3.90. The van der Waals surface area contributed by atoms with Crippen LogP contribution in [0.25, 0.3) is 17.2 Å². The first kappa shape index (κ1) is 31.1. The van der Waals surface area contributed by atoms with Crippen LogP contribution < -0.4 is 9.47 Å². The molecule has 0 radical (unpaired) electrons. The van der Waals surface area contributed by atoms with Gasteiger partial charge in [0, 0.05) is 38.8 Å². The summed E-state index contributed by atoms with van der Waals surface area (Å²) >= 11 is 0. The summed E-state index contributed by atoms with van der Waals surface area (Å²) in [6.07, 6.45) is 6.47. The number of phenolic OH excluding ortho intramolecular Hbond substituents is 1. The second-order valence-corrected chi connectivity index (χ2v) is 10.7. The van der Waals surface area contributed by atoms with Crippen molar-refractivity contribution in [2.24, 2.45) is 0 Å². The van der Waals surface area contributed by atoms with Crippen LogP contribution in [0.3, 0.4) is 0 Å². The quantitative estimate of drug-likeness (QED) is 0.174. The fourth-order valence-corrected chi connectivity index (χ4v) is 4.87. The average molecular weight is 573 g/mol. The number of piperazine rings is 1. The minimum Gasteiger partial charge on any atom is -0.502 e. The fraction of sp³-hybridized carbons (Fsp3) is 0.400. The normalized spacial score (nSPS) is 14.7. The van der Waals surface area contributed by atoms with Crippen molar-refractivity contribution in [3.8, 4) is 28.4 Å². The van der Waals surface area contributed by atoms with Crippen molar-refractivity contribution >= 4 is 12.0 Å². The van der Waals surface area contributed by atoms with Crippen molar-refractivity contribution in [1.82, 2.24) is 9.80 Å². The standard InChI is InChI=1S/C35H44N2O5/c1-3-5-22-41-32-24-27(25-33(35(32)40)42-23-6-4-2)12-17-34(39)37-20-18-36(19-21-37)26-31(38)30-15-13-29(14-16-30)28-10-8-7-9-11-28/h7-17,24-25,31,38,40H,3-6,18-23,26H2,1-2H3/b17-12+. The first-order chi connectivity index (χ1) is 20.5. The van der Waals surface area contributed by atoms with Gasteiger partial charge in [-0.25, -0.2) is 0 Å². The number of aliphatic hydroxyl groups excluding tert-OH is 1. The van der Waals surface area contributed by atoms with Gasteiger partial charge in [-0.1, -0.05) is 81.3 Å².